The molecule has 1 fully saturated rings. The predicted octanol–water partition coefficient (Wildman–Crippen LogP) is 3.91. The maximum Gasteiger partial charge on any atom is 0.232 e. The summed E-state index contributed by atoms with van der Waals surface area (Å²) in [5.74, 6) is -1.75. The molecule has 7 nitrogen and oxygen atoms in total. The summed E-state index contributed by atoms with van der Waals surface area (Å²) in [7, 11) is 0. The lowest BCUT2D eigenvalue weighted by atomic mass is 10.0. The molecule has 0 spiro atoms. The minimum absolute atomic E-state index is 0.114. The zero-order valence-corrected chi connectivity index (χ0v) is 15.5. The molecule has 11 heteroatoms. The van der Waals surface area contributed by atoms with Crippen molar-refractivity contribution in [2.24, 2.45) is 5.92 Å². The summed E-state index contributed by atoms with van der Waals surface area (Å²) in [6, 6.07) is 3.34. The number of nitrogens with zero attached hydrogens (tertiary/aromatic N) is 3. The van der Waals surface area contributed by atoms with E-state index in [2.05, 4.69) is 25.5 Å². The molecule has 0 saturated heterocycles. The molecule has 0 aliphatic heterocycles. The van der Waals surface area contributed by atoms with Gasteiger partial charge in [-0.3, -0.25) is 9.89 Å². The number of halogens is 3. The summed E-state index contributed by atoms with van der Waals surface area (Å²) in [4.78, 5) is 21.2. The number of nitrogens with one attached hydrogen (secondary N) is 2. The summed E-state index contributed by atoms with van der Waals surface area (Å²) in [6.07, 6.45) is 0.652. The van der Waals surface area contributed by atoms with Crippen molar-refractivity contribution < 1.29 is 13.6 Å². The lowest BCUT2D eigenvalue weighted by Gasteiger charge is -2.09. The molecule has 1 aromatic carbocycles. The minimum atomic E-state index is -1.08. The molecule has 2 atom stereocenters. The monoisotopic (exact) mass is 420 g/mol. The Bertz CT molecular complexity index is 1270. The van der Waals surface area contributed by atoms with Gasteiger partial charge in [0.1, 0.15) is 16.5 Å². The quantitative estimate of drug-likeness (QED) is 0.435. The third-order valence-electron chi connectivity index (χ3n) is 4.62. The van der Waals surface area contributed by atoms with Gasteiger partial charge in [0.25, 0.3) is 0 Å². The Balaban J connectivity index is 1.58. The fraction of sp³-hybridized carbons (Fsp3) is 0.176. The van der Waals surface area contributed by atoms with Gasteiger partial charge in [-0.1, -0.05) is 22.9 Å². The number of anilines is 2. The van der Waals surface area contributed by atoms with E-state index in [0.717, 1.165) is 11.3 Å². The van der Waals surface area contributed by atoms with Crippen LogP contribution < -0.4 is 11.1 Å². The Hall–Kier alpha value is -2.85. The van der Waals surface area contributed by atoms with Crippen molar-refractivity contribution >= 4 is 60.9 Å². The van der Waals surface area contributed by atoms with Gasteiger partial charge in [-0.05, 0) is 18.6 Å². The van der Waals surface area contributed by atoms with E-state index in [-0.39, 0.29) is 17.1 Å². The number of alkyl halides is 1. The summed E-state index contributed by atoms with van der Waals surface area (Å²) in [5, 5.41) is 9.89. The topological polar surface area (TPSA) is 110 Å². The van der Waals surface area contributed by atoms with Crippen molar-refractivity contribution in [3.63, 3.8) is 0 Å². The highest BCUT2D eigenvalue weighted by Gasteiger charge is 2.43. The van der Waals surface area contributed by atoms with E-state index in [4.69, 9.17) is 17.3 Å². The second-order valence-electron chi connectivity index (χ2n) is 6.46. The van der Waals surface area contributed by atoms with Crippen LogP contribution in [0, 0.1) is 11.7 Å². The summed E-state index contributed by atoms with van der Waals surface area (Å²) in [5.41, 5.74) is 7.30. The van der Waals surface area contributed by atoms with Crippen LogP contribution >= 0.6 is 22.9 Å². The fourth-order valence-electron chi connectivity index (χ4n) is 3.03. The number of rotatable bonds is 3. The van der Waals surface area contributed by atoms with Crippen LogP contribution in [0.3, 0.4) is 0 Å². The maximum absolute atomic E-state index is 14.4. The zero-order valence-electron chi connectivity index (χ0n) is 14.0. The summed E-state index contributed by atoms with van der Waals surface area (Å²) < 4.78 is 27.5. The number of carbonyl (C=O) groups is 1. The number of nitrogens with two attached hydrogens (primary N) is 1. The van der Waals surface area contributed by atoms with E-state index in [1.165, 1.54) is 6.20 Å². The number of H-pyrrole nitrogens is 1. The van der Waals surface area contributed by atoms with Gasteiger partial charge in [0.15, 0.2) is 10.9 Å². The van der Waals surface area contributed by atoms with Crippen LogP contribution in [-0.2, 0) is 4.79 Å². The van der Waals surface area contributed by atoms with Crippen molar-refractivity contribution in [3.05, 3.63) is 29.2 Å². The first-order chi connectivity index (χ1) is 13.4. The molecule has 1 aliphatic rings. The number of carbonyl (C=O) groups excluding carboxylic acids is 1. The minimum Gasteiger partial charge on any atom is -0.395 e. The van der Waals surface area contributed by atoms with Crippen molar-refractivity contribution in [3.8, 4) is 11.3 Å². The number of nitrogen functional groups attached to an aromatic ring is 1. The van der Waals surface area contributed by atoms with Crippen molar-refractivity contribution in [1.82, 2.24) is 20.2 Å². The van der Waals surface area contributed by atoms with E-state index < -0.39 is 23.8 Å². The van der Waals surface area contributed by atoms with Crippen molar-refractivity contribution in [2.75, 3.05) is 11.1 Å². The van der Waals surface area contributed by atoms with Gasteiger partial charge in [-0.25, -0.2) is 18.7 Å². The number of fused-ring (bicyclic) bond motifs is 2. The molecule has 142 valence electrons. The first-order valence-corrected chi connectivity index (χ1v) is 9.46. The lowest BCUT2D eigenvalue weighted by Crippen LogP contribution is -2.14. The molecular formula is C17H11ClF2N6OS. The average Bonchev–Trinajstić information content (AvgIpc) is 3.06. The van der Waals surface area contributed by atoms with E-state index in [9.17, 15) is 13.6 Å². The Labute approximate surface area is 164 Å². The average molecular weight is 421 g/mol. The molecular weight excluding hydrogens is 410 g/mol. The summed E-state index contributed by atoms with van der Waals surface area (Å²) in [6.45, 7) is 0. The number of amides is 1. The summed E-state index contributed by atoms with van der Waals surface area (Å²) >= 11 is 7.35. The van der Waals surface area contributed by atoms with Crippen LogP contribution in [0.1, 0.15) is 6.42 Å². The van der Waals surface area contributed by atoms with Gasteiger partial charge < -0.3 is 11.1 Å². The zero-order chi connectivity index (χ0) is 19.6. The first-order valence-electron chi connectivity index (χ1n) is 8.26. The lowest BCUT2D eigenvalue weighted by molar-refractivity contribution is -0.117. The molecule has 3 heterocycles. The molecule has 0 bridgehead atoms. The second-order valence-corrected chi connectivity index (χ2v) is 7.82. The van der Waals surface area contributed by atoms with Gasteiger partial charge in [-0.15, -0.1) is 0 Å². The first kappa shape index (κ1) is 17.3. The number of thiazole rings is 1. The maximum atomic E-state index is 14.4. The molecule has 0 radical (unpaired) electrons. The number of aromatic nitrogens is 4. The van der Waals surface area contributed by atoms with Crippen LogP contribution in [0.15, 0.2) is 18.3 Å². The third kappa shape index (κ3) is 2.60. The molecule has 28 heavy (non-hydrogen) atoms. The molecule has 1 saturated carbocycles. The number of hydrogen-bond donors (Lipinski definition) is 3. The highest BCUT2D eigenvalue weighted by Crippen LogP contribution is 2.40. The molecule has 3 aromatic heterocycles. The van der Waals surface area contributed by atoms with E-state index in [1.54, 1.807) is 12.1 Å². The SMILES string of the molecule is Nc1c(F)c(Cl)c(-c2ccc3nc(NC(=O)[C@@H]4C[C@@H]4F)sc3n2)c2cn[nH]c12. The Morgan fingerprint density at radius 3 is 2.93 bits per heavy atom. The Kier molecular flexibility index (Phi) is 3.75. The molecule has 4 N–H and O–H groups in total. The number of aromatic amines is 1. The molecule has 0 unspecified atom stereocenters. The molecule has 4 aromatic rings. The van der Waals surface area contributed by atoms with E-state index in [0.29, 0.717) is 37.6 Å². The van der Waals surface area contributed by atoms with Crippen LogP contribution in [-0.4, -0.2) is 32.2 Å². The predicted molar refractivity (Wildman–Crippen MR) is 104 cm³/mol. The van der Waals surface area contributed by atoms with E-state index in [1.807, 2.05) is 0 Å². The van der Waals surface area contributed by atoms with Crippen LogP contribution in [0.2, 0.25) is 5.02 Å². The standard InChI is InChI=1S/C17H11ClF2N6OS/c18-11-10(6-4-22-26-14(6)13(21)12(11)20)8-1-2-9-16(23-8)28-17(24-9)25-15(27)5-3-7(5)19/h1-2,4-5,7H,3,21H2,(H,22,26)(H,24,25,27)/t5-,7+/m1/s1. The highest BCUT2D eigenvalue weighted by atomic mass is 35.5. The normalized spacial score (nSPS) is 18.7. The van der Waals surface area contributed by atoms with Gasteiger partial charge in [-0.2, -0.15) is 5.10 Å². The largest absolute Gasteiger partial charge is 0.395 e. The Morgan fingerprint density at radius 2 is 2.18 bits per heavy atom. The van der Waals surface area contributed by atoms with Crippen LogP contribution in [0.5, 0.6) is 0 Å². The van der Waals surface area contributed by atoms with Gasteiger partial charge in [0.05, 0.1) is 34.0 Å². The van der Waals surface area contributed by atoms with Crippen molar-refractivity contribution in [1.29, 1.82) is 0 Å². The molecule has 1 amide bonds. The number of benzene rings is 1. The van der Waals surface area contributed by atoms with Crippen molar-refractivity contribution in [2.45, 2.75) is 12.6 Å². The second kappa shape index (κ2) is 6.08. The van der Waals surface area contributed by atoms with Crippen LogP contribution in [0.25, 0.3) is 32.5 Å². The smallest absolute Gasteiger partial charge is 0.232 e. The van der Waals surface area contributed by atoms with Crippen LogP contribution in [0.4, 0.5) is 19.6 Å². The van der Waals surface area contributed by atoms with Gasteiger partial charge >= 0.3 is 0 Å². The number of pyridine rings is 1. The Morgan fingerprint density at radius 1 is 1.39 bits per heavy atom. The van der Waals surface area contributed by atoms with Gasteiger partial charge in [0.2, 0.25) is 5.91 Å². The fourth-order valence-corrected chi connectivity index (χ4v) is 4.17. The molecule has 1 aliphatic carbocycles. The third-order valence-corrected chi connectivity index (χ3v) is 5.85. The number of hydrogen-bond acceptors (Lipinski definition) is 6. The van der Waals surface area contributed by atoms with E-state index >= 15 is 0 Å². The molecule has 5 rings (SSSR count). The highest BCUT2D eigenvalue weighted by molar-refractivity contribution is 7.22. The van der Waals surface area contributed by atoms with Gasteiger partial charge in [0, 0.05) is 10.9 Å².